The number of aromatic amines is 1. The lowest BCUT2D eigenvalue weighted by Gasteiger charge is -2.43. The molecule has 7 heteroatoms. The van der Waals surface area contributed by atoms with Gasteiger partial charge in [-0.25, -0.2) is 14.8 Å². The van der Waals surface area contributed by atoms with Crippen molar-refractivity contribution in [1.29, 1.82) is 0 Å². The highest BCUT2D eigenvalue weighted by Gasteiger charge is 2.63. The standard InChI is InChI=1S/C31H31N5OS/c37-30-33-14-27(36(30)22-5-6-25-26(11-22)35-16-34-25)19-1-3-20(4-2-19)28-15-32-29(38-28)31-12-17-7-21-8-18(13-31)10-24(31)23(21)9-17/h1-6,11,15-18,21,23-24,27H,7-10,12-14H2,(H,33,37)(H,34,35). The van der Waals surface area contributed by atoms with E-state index in [0.717, 1.165) is 51.9 Å². The van der Waals surface area contributed by atoms with Crippen molar-refractivity contribution in [3.63, 3.8) is 0 Å². The summed E-state index contributed by atoms with van der Waals surface area (Å²) in [7, 11) is 0. The van der Waals surface area contributed by atoms with Gasteiger partial charge < -0.3 is 10.3 Å². The van der Waals surface area contributed by atoms with Crippen molar-refractivity contribution in [1.82, 2.24) is 20.3 Å². The van der Waals surface area contributed by atoms with Gasteiger partial charge in [-0.15, -0.1) is 11.3 Å². The van der Waals surface area contributed by atoms with Crippen LogP contribution in [0.3, 0.4) is 0 Å². The van der Waals surface area contributed by atoms with Crippen LogP contribution in [0.1, 0.15) is 55.1 Å². The molecule has 1 saturated heterocycles. The molecular formula is C31H31N5OS. The molecule has 9 rings (SSSR count). The molecule has 7 atom stereocenters. The van der Waals surface area contributed by atoms with Gasteiger partial charge in [0.25, 0.3) is 0 Å². The number of hydrogen-bond acceptors (Lipinski definition) is 4. The van der Waals surface area contributed by atoms with E-state index in [9.17, 15) is 4.79 Å². The predicted octanol–water partition coefficient (Wildman–Crippen LogP) is 6.67. The first kappa shape index (κ1) is 21.7. The Bertz CT molecular complexity index is 1570. The van der Waals surface area contributed by atoms with E-state index in [2.05, 4.69) is 45.7 Å². The zero-order valence-electron chi connectivity index (χ0n) is 21.3. The maximum Gasteiger partial charge on any atom is 0.322 e. The second-order valence-electron chi connectivity index (χ2n) is 12.6. The number of thiazole rings is 1. The van der Waals surface area contributed by atoms with Crippen LogP contribution in [0.2, 0.25) is 0 Å². The highest BCUT2D eigenvalue weighted by atomic mass is 32.1. The number of amides is 2. The van der Waals surface area contributed by atoms with Crippen LogP contribution < -0.4 is 10.2 Å². The predicted molar refractivity (Wildman–Crippen MR) is 149 cm³/mol. The monoisotopic (exact) mass is 521 g/mol. The van der Waals surface area contributed by atoms with E-state index in [1.807, 2.05) is 34.4 Å². The summed E-state index contributed by atoms with van der Waals surface area (Å²) in [6.07, 6.45) is 12.5. The van der Waals surface area contributed by atoms with Gasteiger partial charge in [-0.3, -0.25) is 4.90 Å². The van der Waals surface area contributed by atoms with Crippen LogP contribution in [0, 0.1) is 29.6 Å². The molecule has 2 amide bonds. The van der Waals surface area contributed by atoms with E-state index in [4.69, 9.17) is 4.98 Å². The Kier molecular flexibility index (Phi) is 4.39. The minimum Gasteiger partial charge on any atom is -0.345 e. The molecule has 4 aliphatic carbocycles. The van der Waals surface area contributed by atoms with Crippen LogP contribution >= 0.6 is 11.3 Å². The summed E-state index contributed by atoms with van der Waals surface area (Å²) in [5, 5.41) is 4.46. The average Bonchev–Trinajstić information content (AvgIpc) is 3.74. The third-order valence-corrected chi connectivity index (χ3v) is 12.0. The topological polar surface area (TPSA) is 73.9 Å². The lowest BCUT2D eigenvalue weighted by Crippen LogP contribution is -2.39. The summed E-state index contributed by atoms with van der Waals surface area (Å²) in [6, 6.07) is 14.7. The Balaban J connectivity index is 1.01. The van der Waals surface area contributed by atoms with Crippen molar-refractivity contribution in [3.8, 4) is 10.4 Å². The fraction of sp³-hybridized carbons (Fsp3) is 0.452. The first-order valence-electron chi connectivity index (χ1n) is 14.2. The van der Waals surface area contributed by atoms with Gasteiger partial charge in [0.05, 0.1) is 33.3 Å². The summed E-state index contributed by atoms with van der Waals surface area (Å²) in [5.41, 5.74) is 5.43. The number of nitrogens with zero attached hydrogens (tertiary/aromatic N) is 3. The van der Waals surface area contributed by atoms with Crippen LogP contribution in [0.5, 0.6) is 0 Å². The summed E-state index contributed by atoms with van der Waals surface area (Å²) in [6.45, 7) is 0.593. The second-order valence-corrected chi connectivity index (χ2v) is 13.6. The molecular weight excluding hydrogens is 490 g/mol. The van der Waals surface area contributed by atoms with Crippen molar-refractivity contribution in [2.45, 2.75) is 50.0 Å². The SMILES string of the molecule is O=C1NCC(c2ccc(-c3cnc(C45CC6CC7CC(CC4C7C6)C5)s3)cc2)N1c1ccc2[nH]cnc2c1. The largest absolute Gasteiger partial charge is 0.345 e. The molecule has 2 N–H and O–H groups in total. The molecule has 5 aliphatic rings. The van der Waals surface area contributed by atoms with E-state index in [0.29, 0.717) is 12.0 Å². The van der Waals surface area contributed by atoms with Crippen LogP contribution in [0.4, 0.5) is 10.5 Å². The first-order valence-corrected chi connectivity index (χ1v) is 15.0. The van der Waals surface area contributed by atoms with Gasteiger partial charge in [-0.2, -0.15) is 0 Å². The van der Waals surface area contributed by atoms with Crippen molar-refractivity contribution >= 4 is 34.1 Å². The molecule has 7 unspecified atom stereocenters. The number of H-pyrrole nitrogens is 1. The Morgan fingerprint density at radius 1 is 0.974 bits per heavy atom. The Morgan fingerprint density at radius 2 is 1.82 bits per heavy atom. The molecule has 4 bridgehead atoms. The van der Waals surface area contributed by atoms with Crippen LogP contribution in [0.15, 0.2) is 55.0 Å². The van der Waals surface area contributed by atoms with Crippen LogP contribution in [0.25, 0.3) is 21.5 Å². The van der Waals surface area contributed by atoms with Gasteiger partial charge in [-0.1, -0.05) is 24.3 Å². The number of aromatic nitrogens is 3. The fourth-order valence-corrected chi connectivity index (χ4v) is 10.7. The number of benzene rings is 2. The number of hydrogen-bond donors (Lipinski definition) is 2. The lowest BCUT2D eigenvalue weighted by molar-refractivity contribution is 0.117. The average molecular weight is 522 g/mol. The Hall–Kier alpha value is -3.19. The number of rotatable bonds is 4. The Labute approximate surface area is 225 Å². The number of nitrogens with one attached hydrogen (secondary N) is 2. The molecule has 0 spiro atoms. The molecule has 4 saturated carbocycles. The van der Waals surface area contributed by atoms with Crippen molar-refractivity contribution in [2.75, 3.05) is 11.4 Å². The van der Waals surface area contributed by atoms with E-state index >= 15 is 0 Å². The molecule has 192 valence electrons. The maximum atomic E-state index is 12.8. The minimum absolute atomic E-state index is 0.0488. The molecule has 0 radical (unpaired) electrons. The van der Waals surface area contributed by atoms with E-state index in [1.165, 1.54) is 54.0 Å². The normalized spacial score (nSPS) is 34.9. The number of anilines is 1. The molecule has 4 aromatic rings. The minimum atomic E-state index is -0.0641. The van der Waals surface area contributed by atoms with Gasteiger partial charge in [0.15, 0.2) is 0 Å². The summed E-state index contributed by atoms with van der Waals surface area (Å²) in [4.78, 5) is 28.6. The van der Waals surface area contributed by atoms with Gasteiger partial charge in [0.2, 0.25) is 0 Å². The van der Waals surface area contributed by atoms with Crippen molar-refractivity contribution in [3.05, 3.63) is 65.6 Å². The number of carbonyl (C=O) groups excluding carboxylic acids is 1. The lowest BCUT2D eigenvalue weighted by atomic mass is 9.62. The second kappa shape index (κ2) is 7.69. The van der Waals surface area contributed by atoms with Crippen molar-refractivity contribution < 1.29 is 4.79 Å². The van der Waals surface area contributed by atoms with Gasteiger partial charge in [-0.05, 0) is 97.4 Å². The molecule has 38 heavy (non-hydrogen) atoms. The van der Waals surface area contributed by atoms with E-state index < -0.39 is 0 Å². The fourth-order valence-electron chi connectivity index (χ4n) is 9.46. The van der Waals surface area contributed by atoms with Gasteiger partial charge in [0, 0.05) is 23.8 Å². The zero-order chi connectivity index (χ0) is 25.0. The highest BCUT2D eigenvalue weighted by molar-refractivity contribution is 7.15. The van der Waals surface area contributed by atoms with E-state index in [-0.39, 0.29) is 12.1 Å². The van der Waals surface area contributed by atoms with Crippen LogP contribution in [-0.4, -0.2) is 27.5 Å². The third kappa shape index (κ3) is 2.97. The number of urea groups is 1. The molecule has 6 nitrogen and oxygen atoms in total. The van der Waals surface area contributed by atoms with Crippen molar-refractivity contribution in [2.24, 2.45) is 29.6 Å². The van der Waals surface area contributed by atoms with Gasteiger partial charge in [0.1, 0.15) is 0 Å². The first-order chi connectivity index (χ1) is 18.6. The molecule has 1 aliphatic heterocycles. The Morgan fingerprint density at radius 3 is 2.68 bits per heavy atom. The molecule has 3 heterocycles. The number of carbonyl (C=O) groups is 1. The number of fused-ring (bicyclic) bond motifs is 3. The summed E-state index contributed by atoms with van der Waals surface area (Å²) in [5.74, 6) is 4.74. The quantitative estimate of drug-likeness (QED) is 0.315. The summed E-state index contributed by atoms with van der Waals surface area (Å²) < 4.78 is 0. The zero-order valence-corrected chi connectivity index (χ0v) is 22.1. The molecule has 2 aromatic carbocycles. The van der Waals surface area contributed by atoms with Gasteiger partial charge >= 0.3 is 6.03 Å². The third-order valence-electron chi connectivity index (χ3n) is 10.8. The molecule has 5 fully saturated rings. The number of imidazole rings is 1. The maximum absolute atomic E-state index is 12.8. The van der Waals surface area contributed by atoms with Crippen LogP contribution in [-0.2, 0) is 5.41 Å². The van der Waals surface area contributed by atoms with E-state index in [1.54, 1.807) is 6.33 Å². The summed E-state index contributed by atoms with van der Waals surface area (Å²) >= 11 is 1.95. The smallest absolute Gasteiger partial charge is 0.322 e. The molecule has 2 aromatic heterocycles. The highest BCUT2D eigenvalue weighted by Crippen LogP contribution is 2.70.